The number of carbonyl (C=O) groups is 1. The lowest BCUT2D eigenvalue weighted by molar-refractivity contribution is -0.136. The highest BCUT2D eigenvalue weighted by Gasteiger charge is 2.27. The third kappa shape index (κ3) is 3.36. The van der Waals surface area contributed by atoms with Gasteiger partial charge in [0.25, 0.3) is 5.88 Å². The van der Waals surface area contributed by atoms with Gasteiger partial charge in [0.05, 0.1) is 19.6 Å². The van der Waals surface area contributed by atoms with E-state index in [1.807, 2.05) is 36.7 Å². The van der Waals surface area contributed by atoms with Crippen LogP contribution in [0.15, 0.2) is 36.7 Å². The molecule has 2 aromatic rings. The minimum Gasteiger partial charge on any atom is -0.468 e. The fourth-order valence-corrected chi connectivity index (χ4v) is 2.78. The van der Waals surface area contributed by atoms with E-state index in [0.29, 0.717) is 19.6 Å². The van der Waals surface area contributed by atoms with Gasteiger partial charge in [-0.15, -0.1) is 0 Å². The minimum atomic E-state index is -0.494. The standard InChI is InChI=1S/C17H20FN3O2/c1-12(2)17(22)21-9-13-5-4-8-20(13)10-14(11-21)23-16-15(18)6-3-7-19-16/h3-8,12,14H,9-11H2,1-2H3/t14-/m1/s1. The van der Waals surface area contributed by atoms with Crippen LogP contribution < -0.4 is 4.74 Å². The van der Waals surface area contributed by atoms with E-state index >= 15 is 0 Å². The Labute approximate surface area is 134 Å². The molecule has 0 saturated carbocycles. The van der Waals surface area contributed by atoms with Crippen molar-refractivity contribution in [1.29, 1.82) is 0 Å². The van der Waals surface area contributed by atoms with Gasteiger partial charge in [0.2, 0.25) is 5.91 Å². The highest BCUT2D eigenvalue weighted by atomic mass is 19.1. The summed E-state index contributed by atoms with van der Waals surface area (Å²) in [6.07, 6.45) is 3.09. The summed E-state index contributed by atoms with van der Waals surface area (Å²) in [5.41, 5.74) is 1.05. The van der Waals surface area contributed by atoms with E-state index in [9.17, 15) is 9.18 Å². The van der Waals surface area contributed by atoms with E-state index in [-0.39, 0.29) is 23.8 Å². The van der Waals surface area contributed by atoms with Crippen molar-refractivity contribution in [1.82, 2.24) is 14.5 Å². The number of nitrogens with zero attached hydrogens (tertiary/aromatic N) is 3. The lowest BCUT2D eigenvalue weighted by atomic mass is 10.1. The van der Waals surface area contributed by atoms with Crippen molar-refractivity contribution in [3.63, 3.8) is 0 Å². The zero-order valence-corrected chi connectivity index (χ0v) is 13.3. The van der Waals surface area contributed by atoms with Crippen molar-refractivity contribution >= 4 is 5.91 Å². The Morgan fingerprint density at radius 1 is 1.35 bits per heavy atom. The summed E-state index contributed by atoms with van der Waals surface area (Å²) in [6.45, 7) is 5.25. The second-order valence-electron chi connectivity index (χ2n) is 6.06. The zero-order valence-electron chi connectivity index (χ0n) is 13.3. The summed E-state index contributed by atoms with van der Waals surface area (Å²) < 4.78 is 21.6. The Kier molecular flexibility index (Phi) is 4.32. The van der Waals surface area contributed by atoms with Crippen LogP contribution in [0, 0.1) is 11.7 Å². The van der Waals surface area contributed by atoms with Crippen LogP contribution in [0.3, 0.4) is 0 Å². The zero-order chi connectivity index (χ0) is 16.4. The second kappa shape index (κ2) is 6.40. The van der Waals surface area contributed by atoms with Crippen LogP contribution in [0.2, 0.25) is 0 Å². The highest BCUT2D eigenvalue weighted by Crippen LogP contribution is 2.20. The maximum absolute atomic E-state index is 13.8. The molecule has 0 aromatic carbocycles. The summed E-state index contributed by atoms with van der Waals surface area (Å²) >= 11 is 0. The van der Waals surface area contributed by atoms with Crippen LogP contribution in [0.1, 0.15) is 19.5 Å². The van der Waals surface area contributed by atoms with Gasteiger partial charge in [-0.1, -0.05) is 13.8 Å². The Bertz CT molecular complexity index is 699. The van der Waals surface area contributed by atoms with Crippen molar-refractivity contribution in [3.8, 4) is 5.88 Å². The molecule has 0 spiro atoms. The number of carbonyl (C=O) groups excluding carboxylic acids is 1. The average Bonchev–Trinajstić information content (AvgIpc) is 2.87. The van der Waals surface area contributed by atoms with Crippen molar-refractivity contribution in [3.05, 3.63) is 48.2 Å². The van der Waals surface area contributed by atoms with Gasteiger partial charge in [-0.3, -0.25) is 4.79 Å². The molecule has 1 amide bonds. The molecule has 0 N–H and O–H groups in total. The van der Waals surface area contributed by atoms with Crippen molar-refractivity contribution in [2.75, 3.05) is 6.54 Å². The van der Waals surface area contributed by atoms with Crippen molar-refractivity contribution < 1.29 is 13.9 Å². The Hall–Kier alpha value is -2.37. The van der Waals surface area contributed by atoms with Gasteiger partial charge in [-0.25, -0.2) is 9.37 Å². The number of hydrogen-bond acceptors (Lipinski definition) is 3. The average molecular weight is 317 g/mol. The van der Waals surface area contributed by atoms with Gasteiger partial charge in [0.15, 0.2) is 5.82 Å². The van der Waals surface area contributed by atoms with E-state index in [0.717, 1.165) is 5.69 Å². The van der Waals surface area contributed by atoms with Gasteiger partial charge in [-0.2, -0.15) is 0 Å². The summed E-state index contributed by atoms with van der Waals surface area (Å²) in [4.78, 5) is 18.1. The molecule has 0 bridgehead atoms. The molecule has 3 heterocycles. The Balaban J connectivity index is 1.85. The molecule has 1 aliphatic rings. The van der Waals surface area contributed by atoms with E-state index in [1.165, 1.54) is 18.3 Å². The number of fused-ring (bicyclic) bond motifs is 1. The quantitative estimate of drug-likeness (QED) is 0.874. The lowest BCUT2D eigenvalue weighted by Gasteiger charge is -2.26. The molecule has 6 heteroatoms. The summed E-state index contributed by atoms with van der Waals surface area (Å²) in [5, 5.41) is 0. The Morgan fingerprint density at radius 2 is 2.17 bits per heavy atom. The highest BCUT2D eigenvalue weighted by molar-refractivity contribution is 5.78. The van der Waals surface area contributed by atoms with Crippen LogP contribution in [0.5, 0.6) is 5.88 Å². The van der Waals surface area contributed by atoms with Gasteiger partial charge >= 0.3 is 0 Å². The molecule has 23 heavy (non-hydrogen) atoms. The first-order valence-corrected chi connectivity index (χ1v) is 7.74. The van der Waals surface area contributed by atoms with Crippen LogP contribution in [-0.4, -0.2) is 33.0 Å². The predicted molar refractivity (Wildman–Crippen MR) is 83.3 cm³/mol. The van der Waals surface area contributed by atoms with E-state index in [2.05, 4.69) is 4.98 Å². The molecule has 0 fully saturated rings. The molecule has 5 nitrogen and oxygen atoms in total. The summed E-state index contributed by atoms with van der Waals surface area (Å²) in [5.74, 6) is -0.547. The number of amides is 1. The molecular weight excluding hydrogens is 297 g/mol. The molecule has 3 rings (SSSR count). The molecule has 0 radical (unpaired) electrons. The molecule has 0 saturated heterocycles. The maximum atomic E-state index is 13.8. The normalized spacial score (nSPS) is 17.7. The predicted octanol–water partition coefficient (Wildman–Crippen LogP) is 2.47. The molecule has 1 aliphatic heterocycles. The number of hydrogen-bond donors (Lipinski definition) is 0. The number of rotatable bonds is 3. The van der Waals surface area contributed by atoms with Crippen LogP contribution in [-0.2, 0) is 17.9 Å². The second-order valence-corrected chi connectivity index (χ2v) is 6.06. The monoisotopic (exact) mass is 317 g/mol. The van der Waals surface area contributed by atoms with Crippen LogP contribution in [0.25, 0.3) is 0 Å². The smallest absolute Gasteiger partial charge is 0.250 e. The minimum absolute atomic E-state index is 0.0231. The first-order chi connectivity index (χ1) is 11.0. The van der Waals surface area contributed by atoms with E-state index in [1.54, 1.807) is 4.90 Å². The van der Waals surface area contributed by atoms with Gasteiger partial charge in [0, 0.05) is 24.0 Å². The van der Waals surface area contributed by atoms with Crippen molar-refractivity contribution in [2.24, 2.45) is 5.92 Å². The number of pyridine rings is 1. The van der Waals surface area contributed by atoms with Crippen molar-refractivity contribution in [2.45, 2.75) is 33.0 Å². The molecular formula is C17H20FN3O2. The molecule has 0 unspecified atom stereocenters. The topological polar surface area (TPSA) is 47.4 Å². The van der Waals surface area contributed by atoms with Gasteiger partial charge < -0.3 is 14.2 Å². The summed E-state index contributed by atoms with van der Waals surface area (Å²) in [7, 11) is 0. The molecule has 0 aliphatic carbocycles. The maximum Gasteiger partial charge on any atom is 0.250 e. The summed E-state index contributed by atoms with van der Waals surface area (Å²) in [6, 6.07) is 6.77. The molecule has 2 aromatic heterocycles. The van der Waals surface area contributed by atoms with Gasteiger partial charge in [0.1, 0.15) is 6.10 Å². The van der Waals surface area contributed by atoms with Crippen LogP contribution in [0.4, 0.5) is 4.39 Å². The molecule has 1 atom stereocenters. The van der Waals surface area contributed by atoms with Gasteiger partial charge in [-0.05, 0) is 24.3 Å². The fourth-order valence-electron chi connectivity index (χ4n) is 2.78. The first kappa shape index (κ1) is 15.5. The fraction of sp³-hybridized carbons (Fsp3) is 0.412. The van der Waals surface area contributed by atoms with Crippen LogP contribution >= 0.6 is 0 Å². The third-order valence-electron chi connectivity index (χ3n) is 3.91. The SMILES string of the molecule is CC(C)C(=O)N1Cc2cccn2C[C@@H](Oc2ncccc2F)C1. The third-order valence-corrected chi connectivity index (χ3v) is 3.91. The lowest BCUT2D eigenvalue weighted by Crippen LogP contribution is -2.40. The number of aromatic nitrogens is 2. The molecule has 122 valence electrons. The largest absolute Gasteiger partial charge is 0.468 e. The Morgan fingerprint density at radius 3 is 2.91 bits per heavy atom. The number of ether oxygens (including phenoxy) is 1. The number of halogens is 1. The van der Waals surface area contributed by atoms with E-state index in [4.69, 9.17) is 4.74 Å². The first-order valence-electron chi connectivity index (χ1n) is 7.74. The van der Waals surface area contributed by atoms with E-state index < -0.39 is 5.82 Å².